The summed E-state index contributed by atoms with van der Waals surface area (Å²) < 4.78 is 1.44. The van der Waals surface area contributed by atoms with Crippen LogP contribution in [0.3, 0.4) is 0 Å². The highest BCUT2D eigenvalue weighted by Crippen LogP contribution is 2.16. The first-order chi connectivity index (χ1) is 8.88. The average Bonchev–Trinajstić information content (AvgIpc) is 2.60. The molecule has 0 spiro atoms. The fraction of sp³-hybridized carbons (Fsp3) is 0.583. The molecule has 1 heterocycles. The van der Waals surface area contributed by atoms with E-state index < -0.39 is 0 Å². The summed E-state index contributed by atoms with van der Waals surface area (Å²) >= 11 is 0. The van der Waals surface area contributed by atoms with E-state index in [2.05, 4.69) is 10.4 Å². The predicted octanol–water partition coefficient (Wildman–Crippen LogP) is -0.0911. The van der Waals surface area contributed by atoms with E-state index in [1.807, 2.05) is 6.92 Å². The largest absolute Gasteiger partial charge is 0.395 e. The van der Waals surface area contributed by atoms with E-state index in [4.69, 9.17) is 5.73 Å². The first-order valence-corrected chi connectivity index (χ1v) is 6.19. The molecule has 19 heavy (non-hydrogen) atoms. The van der Waals surface area contributed by atoms with Gasteiger partial charge in [0, 0.05) is 20.6 Å². The van der Waals surface area contributed by atoms with Crippen molar-refractivity contribution >= 4 is 17.5 Å². The molecule has 0 fully saturated rings. The molecule has 0 saturated heterocycles. The van der Waals surface area contributed by atoms with Crippen LogP contribution in [-0.2, 0) is 11.8 Å². The zero-order valence-electron chi connectivity index (χ0n) is 11.9. The number of rotatable bonds is 5. The number of nitrogen functional groups attached to an aromatic ring is 1. The van der Waals surface area contributed by atoms with E-state index >= 15 is 0 Å². The van der Waals surface area contributed by atoms with E-state index in [1.54, 1.807) is 21.0 Å². The van der Waals surface area contributed by atoms with Gasteiger partial charge < -0.3 is 16.0 Å². The molecule has 7 nitrogen and oxygen atoms in total. The Morgan fingerprint density at radius 3 is 2.58 bits per heavy atom. The van der Waals surface area contributed by atoms with E-state index in [9.17, 15) is 9.59 Å². The number of carbonyl (C=O) groups is 2. The van der Waals surface area contributed by atoms with Crippen LogP contribution in [0.1, 0.15) is 29.5 Å². The Bertz CT molecular complexity index is 481. The molecule has 0 unspecified atom stereocenters. The minimum Gasteiger partial charge on any atom is -0.395 e. The molecule has 1 aromatic rings. The molecular weight excluding hydrogens is 246 g/mol. The number of anilines is 1. The number of aromatic nitrogens is 2. The van der Waals surface area contributed by atoms with Crippen LogP contribution in [0.4, 0.5) is 5.69 Å². The van der Waals surface area contributed by atoms with Gasteiger partial charge in [-0.1, -0.05) is 6.92 Å². The van der Waals surface area contributed by atoms with Gasteiger partial charge >= 0.3 is 0 Å². The Balaban J connectivity index is 2.74. The summed E-state index contributed by atoms with van der Waals surface area (Å²) in [5.41, 5.74) is 7.09. The molecule has 0 aliphatic carbocycles. The van der Waals surface area contributed by atoms with Crippen LogP contribution in [0.25, 0.3) is 0 Å². The highest BCUT2D eigenvalue weighted by molar-refractivity contribution is 5.99. The average molecular weight is 267 g/mol. The molecular formula is C12H21N5O2. The van der Waals surface area contributed by atoms with Gasteiger partial charge in [0.25, 0.3) is 5.91 Å². The SMILES string of the molecule is CCCNC(=O)CN(C)C(=O)c1c(N)c(C)nn1C. The molecule has 7 heteroatoms. The monoisotopic (exact) mass is 267 g/mol. The molecule has 0 atom stereocenters. The maximum atomic E-state index is 12.2. The predicted molar refractivity (Wildman–Crippen MR) is 72.6 cm³/mol. The lowest BCUT2D eigenvalue weighted by atomic mass is 10.2. The standard InChI is InChI=1S/C12H21N5O2/c1-5-6-14-9(18)7-16(3)12(19)11-10(13)8(2)15-17(11)4/h5-7,13H2,1-4H3,(H,14,18). The van der Waals surface area contributed by atoms with Crippen molar-refractivity contribution in [1.29, 1.82) is 0 Å². The van der Waals surface area contributed by atoms with Crippen molar-refractivity contribution < 1.29 is 9.59 Å². The highest BCUT2D eigenvalue weighted by Gasteiger charge is 2.22. The van der Waals surface area contributed by atoms with E-state index in [0.29, 0.717) is 23.6 Å². The quantitative estimate of drug-likeness (QED) is 0.779. The summed E-state index contributed by atoms with van der Waals surface area (Å²) in [7, 11) is 3.22. The van der Waals surface area contributed by atoms with E-state index in [1.165, 1.54) is 9.58 Å². The molecule has 0 aliphatic heterocycles. The first kappa shape index (κ1) is 15.0. The smallest absolute Gasteiger partial charge is 0.274 e. The Labute approximate surface area is 112 Å². The van der Waals surface area contributed by atoms with Crippen molar-refractivity contribution in [3.8, 4) is 0 Å². The zero-order valence-corrected chi connectivity index (χ0v) is 11.9. The van der Waals surface area contributed by atoms with Crippen molar-refractivity contribution in [3.05, 3.63) is 11.4 Å². The minimum atomic E-state index is -0.313. The minimum absolute atomic E-state index is 0.00248. The van der Waals surface area contributed by atoms with Crippen molar-refractivity contribution in [2.24, 2.45) is 7.05 Å². The third-order valence-corrected chi connectivity index (χ3v) is 2.77. The number of nitrogens with zero attached hydrogens (tertiary/aromatic N) is 3. The zero-order chi connectivity index (χ0) is 14.6. The van der Waals surface area contributed by atoms with Gasteiger partial charge in [0.1, 0.15) is 5.69 Å². The van der Waals surface area contributed by atoms with Crippen molar-refractivity contribution in [2.75, 3.05) is 25.9 Å². The van der Waals surface area contributed by atoms with E-state index in [-0.39, 0.29) is 18.4 Å². The lowest BCUT2D eigenvalue weighted by Crippen LogP contribution is -2.39. The normalized spacial score (nSPS) is 10.3. The number of hydrogen-bond donors (Lipinski definition) is 2. The third kappa shape index (κ3) is 3.46. The molecule has 0 saturated carbocycles. The highest BCUT2D eigenvalue weighted by atomic mass is 16.2. The van der Waals surface area contributed by atoms with Gasteiger partial charge in [-0.2, -0.15) is 5.10 Å². The summed E-state index contributed by atoms with van der Waals surface area (Å²) in [5.74, 6) is -0.498. The molecule has 1 aromatic heterocycles. The summed E-state index contributed by atoms with van der Waals surface area (Å²) in [6.45, 7) is 4.31. The van der Waals surface area contributed by atoms with Gasteiger partial charge in [-0.25, -0.2) is 0 Å². The van der Waals surface area contributed by atoms with Gasteiger partial charge in [0.2, 0.25) is 5.91 Å². The van der Waals surface area contributed by atoms with Crippen LogP contribution in [0.5, 0.6) is 0 Å². The fourth-order valence-electron chi connectivity index (χ4n) is 1.72. The lowest BCUT2D eigenvalue weighted by Gasteiger charge is -2.17. The van der Waals surface area contributed by atoms with Crippen LogP contribution in [0.2, 0.25) is 0 Å². The number of amides is 2. The Morgan fingerprint density at radius 2 is 2.11 bits per heavy atom. The fourth-order valence-corrected chi connectivity index (χ4v) is 1.72. The van der Waals surface area contributed by atoms with Gasteiger partial charge in [0.15, 0.2) is 0 Å². The van der Waals surface area contributed by atoms with Crippen LogP contribution >= 0.6 is 0 Å². The summed E-state index contributed by atoms with van der Waals surface area (Å²) in [6, 6.07) is 0. The Morgan fingerprint density at radius 1 is 1.47 bits per heavy atom. The van der Waals surface area contributed by atoms with Gasteiger partial charge in [-0.3, -0.25) is 14.3 Å². The number of aryl methyl sites for hydroxylation is 2. The number of nitrogens with one attached hydrogen (secondary N) is 1. The van der Waals surface area contributed by atoms with E-state index in [0.717, 1.165) is 6.42 Å². The second-order valence-electron chi connectivity index (χ2n) is 4.48. The summed E-state index contributed by atoms with van der Waals surface area (Å²) in [6.07, 6.45) is 0.858. The Hall–Kier alpha value is -2.05. The number of carbonyl (C=O) groups excluding carboxylic acids is 2. The maximum Gasteiger partial charge on any atom is 0.274 e. The molecule has 0 radical (unpaired) electrons. The van der Waals surface area contributed by atoms with Gasteiger partial charge in [0.05, 0.1) is 17.9 Å². The van der Waals surface area contributed by atoms with Crippen LogP contribution in [0, 0.1) is 6.92 Å². The molecule has 0 bridgehead atoms. The van der Waals surface area contributed by atoms with Crippen molar-refractivity contribution in [2.45, 2.75) is 20.3 Å². The summed E-state index contributed by atoms with van der Waals surface area (Å²) in [4.78, 5) is 25.1. The van der Waals surface area contributed by atoms with Crippen molar-refractivity contribution in [3.63, 3.8) is 0 Å². The molecule has 0 aromatic carbocycles. The molecule has 2 amide bonds. The second-order valence-corrected chi connectivity index (χ2v) is 4.48. The lowest BCUT2D eigenvalue weighted by molar-refractivity contribution is -0.121. The maximum absolute atomic E-state index is 12.2. The van der Waals surface area contributed by atoms with Crippen LogP contribution < -0.4 is 11.1 Å². The van der Waals surface area contributed by atoms with Crippen molar-refractivity contribution in [1.82, 2.24) is 20.0 Å². The van der Waals surface area contributed by atoms with Crippen LogP contribution in [0.15, 0.2) is 0 Å². The second kappa shape index (κ2) is 6.21. The third-order valence-electron chi connectivity index (χ3n) is 2.77. The molecule has 0 aliphatic rings. The summed E-state index contributed by atoms with van der Waals surface area (Å²) in [5, 5.41) is 6.80. The topological polar surface area (TPSA) is 93.2 Å². The van der Waals surface area contributed by atoms with Gasteiger partial charge in [-0.15, -0.1) is 0 Å². The molecule has 3 N–H and O–H groups in total. The first-order valence-electron chi connectivity index (χ1n) is 6.19. The van der Waals surface area contributed by atoms with Crippen LogP contribution in [-0.4, -0.2) is 46.6 Å². The number of nitrogens with two attached hydrogens (primary N) is 1. The molecule has 106 valence electrons. The number of hydrogen-bond acceptors (Lipinski definition) is 4. The number of likely N-dealkylation sites (N-methyl/N-ethyl adjacent to an activating group) is 1. The molecule has 1 rings (SSSR count). The van der Waals surface area contributed by atoms with Gasteiger partial charge in [-0.05, 0) is 13.3 Å². The Kier molecular flexibility index (Phi) is 4.91.